The zero-order valence-corrected chi connectivity index (χ0v) is 10.3. The van der Waals surface area contributed by atoms with Crippen molar-refractivity contribution in [1.82, 2.24) is 0 Å². The zero-order chi connectivity index (χ0) is 9.97. The lowest BCUT2D eigenvalue weighted by atomic mass is 10.00. The Hall–Kier alpha value is -0.600. The van der Waals surface area contributed by atoms with Crippen molar-refractivity contribution in [3.63, 3.8) is 0 Å². The van der Waals surface area contributed by atoms with Gasteiger partial charge in [0.05, 0.1) is 0 Å². The highest BCUT2D eigenvalue weighted by molar-refractivity contribution is 9.10. The Labute approximate surface area is 96.7 Å². The molecule has 1 aromatic carbocycles. The number of rotatable bonds is 2. The van der Waals surface area contributed by atoms with Crippen LogP contribution in [0.2, 0.25) is 0 Å². The van der Waals surface area contributed by atoms with Crippen molar-refractivity contribution in [2.45, 2.75) is 12.8 Å². The molecular formula is C12H11BrS. The molecule has 0 bridgehead atoms. The summed E-state index contributed by atoms with van der Waals surface area (Å²) in [6, 6.07) is 12.8. The first-order chi connectivity index (χ1) is 6.77. The molecule has 0 saturated carbocycles. The molecule has 0 aliphatic carbocycles. The second-order valence-corrected chi connectivity index (χ2v) is 5.18. The largest absolute Gasteiger partial charge is 0.148 e. The van der Waals surface area contributed by atoms with Gasteiger partial charge in [-0.15, -0.1) is 11.3 Å². The van der Waals surface area contributed by atoms with E-state index >= 15 is 0 Å². The van der Waals surface area contributed by atoms with Gasteiger partial charge in [0.15, 0.2) is 0 Å². The van der Waals surface area contributed by atoms with Gasteiger partial charge < -0.3 is 0 Å². The van der Waals surface area contributed by atoms with E-state index in [1.54, 1.807) is 0 Å². The molecule has 0 fully saturated rings. The number of hydrogen-bond acceptors (Lipinski definition) is 1. The van der Waals surface area contributed by atoms with E-state index in [4.69, 9.17) is 0 Å². The minimum atomic E-state index is 0.503. The van der Waals surface area contributed by atoms with Gasteiger partial charge >= 0.3 is 0 Å². The van der Waals surface area contributed by atoms with Crippen molar-refractivity contribution in [3.05, 3.63) is 56.7 Å². The Balaban J connectivity index is 2.28. The maximum absolute atomic E-state index is 3.45. The maximum Gasteiger partial charge on any atom is 0.0175 e. The first-order valence-electron chi connectivity index (χ1n) is 4.56. The van der Waals surface area contributed by atoms with Gasteiger partial charge in [-0.1, -0.05) is 41.1 Å². The minimum Gasteiger partial charge on any atom is -0.148 e. The number of halogens is 1. The van der Waals surface area contributed by atoms with Gasteiger partial charge in [0.1, 0.15) is 0 Å². The highest BCUT2D eigenvalue weighted by Crippen LogP contribution is 2.28. The van der Waals surface area contributed by atoms with E-state index in [0.29, 0.717) is 5.92 Å². The summed E-state index contributed by atoms with van der Waals surface area (Å²) in [7, 11) is 0. The first kappa shape index (κ1) is 9.94. The summed E-state index contributed by atoms with van der Waals surface area (Å²) in [5.74, 6) is 0.503. The fraction of sp³-hybridized carbons (Fsp3) is 0.167. The van der Waals surface area contributed by atoms with E-state index in [9.17, 15) is 0 Å². The van der Waals surface area contributed by atoms with Crippen LogP contribution in [0, 0.1) is 0 Å². The normalized spacial score (nSPS) is 12.7. The van der Waals surface area contributed by atoms with Crippen LogP contribution in [0.1, 0.15) is 23.3 Å². The van der Waals surface area contributed by atoms with E-state index in [1.807, 2.05) is 11.3 Å². The van der Waals surface area contributed by atoms with Crippen LogP contribution in [0.25, 0.3) is 0 Å². The van der Waals surface area contributed by atoms with E-state index < -0.39 is 0 Å². The summed E-state index contributed by atoms with van der Waals surface area (Å²) in [6.07, 6.45) is 0. The van der Waals surface area contributed by atoms with Gasteiger partial charge in [-0.05, 0) is 29.1 Å². The molecule has 14 heavy (non-hydrogen) atoms. The molecule has 0 radical (unpaired) electrons. The number of benzene rings is 1. The van der Waals surface area contributed by atoms with Crippen molar-refractivity contribution < 1.29 is 0 Å². The topological polar surface area (TPSA) is 0 Å². The van der Waals surface area contributed by atoms with E-state index in [1.165, 1.54) is 10.4 Å². The molecule has 0 N–H and O–H groups in total. The monoisotopic (exact) mass is 266 g/mol. The Morgan fingerprint density at radius 1 is 1.14 bits per heavy atom. The molecule has 1 unspecified atom stereocenters. The first-order valence-corrected chi connectivity index (χ1v) is 6.23. The van der Waals surface area contributed by atoms with Crippen molar-refractivity contribution in [1.29, 1.82) is 0 Å². The minimum absolute atomic E-state index is 0.503. The molecule has 2 heteroatoms. The summed E-state index contributed by atoms with van der Waals surface area (Å²) in [6.45, 7) is 2.25. The second-order valence-electron chi connectivity index (χ2n) is 3.29. The average molecular weight is 267 g/mol. The van der Waals surface area contributed by atoms with Gasteiger partial charge in [-0.2, -0.15) is 0 Å². The molecule has 2 rings (SSSR count). The lowest BCUT2D eigenvalue weighted by molar-refractivity contribution is 0.947. The average Bonchev–Trinajstić information content (AvgIpc) is 2.71. The molecule has 1 aromatic heterocycles. The third-order valence-electron chi connectivity index (χ3n) is 2.34. The number of hydrogen-bond donors (Lipinski definition) is 0. The fourth-order valence-corrected chi connectivity index (χ4v) is 2.53. The zero-order valence-electron chi connectivity index (χ0n) is 7.91. The molecule has 0 aliphatic rings. The fourth-order valence-electron chi connectivity index (χ4n) is 1.45. The summed E-state index contributed by atoms with van der Waals surface area (Å²) in [5, 5.41) is 2.13. The lowest BCUT2D eigenvalue weighted by Gasteiger charge is -2.09. The van der Waals surface area contributed by atoms with Gasteiger partial charge in [-0.25, -0.2) is 0 Å². The second kappa shape index (κ2) is 4.28. The van der Waals surface area contributed by atoms with Crippen LogP contribution < -0.4 is 0 Å². The molecule has 0 saturated heterocycles. The van der Waals surface area contributed by atoms with Crippen molar-refractivity contribution in [3.8, 4) is 0 Å². The summed E-state index contributed by atoms with van der Waals surface area (Å²) in [5.41, 5.74) is 1.37. The van der Waals surface area contributed by atoms with Crippen molar-refractivity contribution >= 4 is 27.3 Å². The Bertz CT molecular complexity index is 389. The Morgan fingerprint density at radius 3 is 2.43 bits per heavy atom. The van der Waals surface area contributed by atoms with E-state index in [0.717, 1.165) is 4.47 Å². The van der Waals surface area contributed by atoms with Crippen molar-refractivity contribution in [2.24, 2.45) is 0 Å². The molecule has 1 atom stereocenters. The smallest absolute Gasteiger partial charge is 0.0175 e. The van der Waals surface area contributed by atoms with Crippen LogP contribution >= 0.6 is 27.3 Å². The highest BCUT2D eigenvalue weighted by atomic mass is 79.9. The van der Waals surface area contributed by atoms with E-state index in [-0.39, 0.29) is 0 Å². The van der Waals surface area contributed by atoms with Gasteiger partial charge in [0.2, 0.25) is 0 Å². The van der Waals surface area contributed by atoms with Crippen LogP contribution in [0.5, 0.6) is 0 Å². The third-order valence-corrected chi connectivity index (χ3v) is 3.92. The summed E-state index contributed by atoms with van der Waals surface area (Å²) >= 11 is 5.26. The van der Waals surface area contributed by atoms with Crippen molar-refractivity contribution in [2.75, 3.05) is 0 Å². The quantitative estimate of drug-likeness (QED) is 0.742. The van der Waals surface area contributed by atoms with E-state index in [2.05, 4.69) is 64.6 Å². The number of thiophene rings is 1. The molecule has 2 aromatic rings. The molecule has 0 nitrogen and oxygen atoms in total. The van der Waals surface area contributed by atoms with Gasteiger partial charge in [-0.3, -0.25) is 0 Å². The van der Waals surface area contributed by atoms with Gasteiger partial charge in [0.25, 0.3) is 0 Å². The van der Waals surface area contributed by atoms with Crippen LogP contribution in [-0.4, -0.2) is 0 Å². The van der Waals surface area contributed by atoms with Crippen LogP contribution in [0.3, 0.4) is 0 Å². The SMILES string of the molecule is CC(c1ccc(Br)cc1)c1cccs1. The lowest BCUT2D eigenvalue weighted by Crippen LogP contribution is -1.91. The summed E-state index contributed by atoms with van der Waals surface area (Å²) in [4.78, 5) is 1.42. The highest BCUT2D eigenvalue weighted by Gasteiger charge is 2.08. The van der Waals surface area contributed by atoms with Crippen LogP contribution in [0.15, 0.2) is 46.3 Å². The van der Waals surface area contributed by atoms with Crippen LogP contribution in [-0.2, 0) is 0 Å². The molecule has 0 amide bonds. The predicted molar refractivity (Wildman–Crippen MR) is 66.0 cm³/mol. The Morgan fingerprint density at radius 2 is 1.86 bits per heavy atom. The molecule has 72 valence electrons. The molecular weight excluding hydrogens is 256 g/mol. The molecule has 0 spiro atoms. The summed E-state index contributed by atoms with van der Waals surface area (Å²) < 4.78 is 1.14. The maximum atomic E-state index is 3.45. The van der Waals surface area contributed by atoms with Gasteiger partial charge in [0, 0.05) is 15.3 Å². The molecule has 0 aliphatic heterocycles. The molecule has 1 heterocycles. The Kier molecular flexibility index (Phi) is 3.04. The van der Waals surface area contributed by atoms with Crippen LogP contribution in [0.4, 0.5) is 0 Å². The predicted octanol–water partition coefficient (Wildman–Crippen LogP) is 4.66. The standard InChI is InChI=1S/C12H11BrS/c1-9(12-3-2-8-14-12)10-4-6-11(13)7-5-10/h2-9H,1H3. The third kappa shape index (κ3) is 2.07.